The number of aromatic nitrogens is 2. The first-order chi connectivity index (χ1) is 9.54. The minimum absolute atomic E-state index is 0.0887. The maximum atomic E-state index is 12.2. The summed E-state index contributed by atoms with van der Waals surface area (Å²) in [4.78, 5) is 13.6. The molecule has 1 unspecified atom stereocenters. The van der Waals surface area contributed by atoms with Crippen LogP contribution in [0.4, 0.5) is 5.69 Å². The van der Waals surface area contributed by atoms with Gasteiger partial charge < -0.3 is 15.7 Å². The highest BCUT2D eigenvalue weighted by molar-refractivity contribution is 5.92. The summed E-state index contributed by atoms with van der Waals surface area (Å²) in [5, 5.41) is 13.3. The molecule has 0 aliphatic carbocycles. The standard InChI is InChI=1S/C14H18N4O2/c1-10(9-19)17(2)14(20)12-7-8-18(16-12)13-6-4-3-5-11(13)15/h3-8,10,19H,9,15H2,1-2H3. The van der Waals surface area contributed by atoms with E-state index in [4.69, 9.17) is 10.8 Å². The lowest BCUT2D eigenvalue weighted by atomic mass is 10.3. The molecule has 1 amide bonds. The molecule has 20 heavy (non-hydrogen) atoms. The third-order valence-corrected chi connectivity index (χ3v) is 3.24. The quantitative estimate of drug-likeness (QED) is 0.812. The average molecular weight is 274 g/mol. The smallest absolute Gasteiger partial charge is 0.274 e. The minimum Gasteiger partial charge on any atom is -0.397 e. The van der Waals surface area contributed by atoms with Crippen LogP contribution in [0.25, 0.3) is 5.69 Å². The van der Waals surface area contributed by atoms with Crippen molar-refractivity contribution in [1.29, 1.82) is 0 Å². The maximum absolute atomic E-state index is 12.2. The maximum Gasteiger partial charge on any atom is 0.274 e. The predicted octanol–water partition coefficient (Wildman–Crippen LogP) is 0.907. The first kappa shape index (κ1) is 14.1. The van der Waals surface area contributed by atoms with Crippen molar-refractivity contribution >= 4 is 11.6 Å². The van der Waals surface area contributed by atoms with Gasteiger partial charge >= 0.3 is 0 Å². The van der Waals surface area contributed by atoms with Crippen molar-refractivity contribution in [1.82, 2.24) is 14.7 Å². The number of carbonyl (C=O) groups excluding carboxylic acids is 1. The van der Waals surface area contributed by atoms with Gasteiger partial charge in [0.25, 0.3) is 5.91 Å². The molecule has 3 N–H and O–H groups in total. The zero-order valence-corrected chi connectivity index (χ0v) is 11.5. The number of nitrogens with zero attached hydrogens (tertiary/aromatic N) is 3. The van der Waals surface area contributed by atoms with Crippen LogP contribution in [-0.2, 0) is 0 Å². The lowest BCUT2D eigenvalue weighted by molar-refractivity contribution is 0.0676. The predicted molar refractivity (Wildman–Crippen MR) is 76.6 cm³/mol. The second kappa shape index (κ2) is 5.75. The van der Waals surface area contributed by atoms with Crippen molar-refractivity contribution in [2.45, 2.75) is 13.0 Å². The summed E-state index contributed by atoms with van der Waals surface area (Å²) in [5.74, 6) is -0.236. The summed E-state index contributed by atoms with van der Waals surface area (Å²) in [5.41, 5.74) is 7.51. The summed E-state index contributed by atoms with van der Waals surface area (Å²) in [7, 11) is 1.64. The Labute approximate surface area is 117 Å². The van der Waals surface area contributed by atoms with Gasteiger partial charge in [-0.2, -0.15) is 5.10 Å². The van der Waals surface area contributed by atoms with Gasteiger partial charge in [-0.1, -0.05) is 12.1 Å². The molecule has 1 aromatic carbocycles. The number of nitrogens with two attached hydrogens (primary N) is 1. The molecule has 106 valence electrons. The number of carbonyl (C=O) groups is 1. The summed E-state index contributed by atoms with van der Waals surface area (Å²) in [6.45, 7) is 1.68. The van der Waals surface area contributed by atoms with Gasteiger partial charge in [0.2, 0.25) is 0 Å². The van der Waals surface area contributed by atoms with Crippen molar-refractivity contribution in [2.75, 3.05) is 19.4 Å². The Morgan fingerprint density at radius 3 is 2.80 bits per heavy atom. The second-order valence-corrected chi connectivity index (χ2v) is 4.65. The largest absolute Gasteiger partial charge is 0.397 e. The molecule has 0 saturated carbocycles. The zero-order valence-electron chi connectivity index (χ0n) is 11.5. The van der Waals surface area contributed by atoms with Crippen LogP contribution >= 0.6 is 0 Å². The fourth-order valence-corrected chi connectivity index (χ4v) is 1.77. The van der Waals surface area contributed by atoms with Gasteiger partial charge in [-0.15, -0.1) is 0 Å². The highest BCUT2D eigenvalue weighted by atomic mass is 16.3. The molecule has 2 aromatic rings. The van der Waals surface area contributed by atoms with Gasteiger partial charge in [0.05, 0.1) is 24.0 Å². The van der Waals surface area contributed by atoms with E-state index in [-0.39, 0.29) is 18.6 Å². The number of aliphatic hydroxyl groups excluding tert-OH is 1. The van der Waals surface area contributed by atoms with E-state index < -0.39 is 0 Å². The number of benzene rings is 1. The van der Waals surface area contributed by atoms with Crippen LogP contribution in [0.15, 0.2) is 36.5 Å². The summed E-state index contributed by atoms with van der Waals surface area (Å²) < 4.78 is 1.57. The van der Waals surface area contributed by atoms with Gasteiger partial charge in [-0.25, -0.2) is 4.68 Å². The highest BCUT2D eigenvalue weighted by Crippen LogP contribution is 2.16. The Morgan fingerprint density at radius 1 is 1.45 bits per heavy atom. The molecule has 1 atom stereocenters. The Hall–Kier alpha value is -2.34. The normalized spacial score (nSPS) is 12.2. The molecule has 0 aliphatic rings. The van der Waals surface area contributed by atoms with Crippen LogP contribution < -0.4 is 5.73 Å². The van der Waals surface area contributed by atoms with E-state index in [1.54, 1.807) is 37.0 Å². The third kappa shape index (κ3) is 2.65. The number of rotatable bonds is 4. The third-order valence-electron chi connectivity index (χ3n) is 3.24. The molecule has 6 heteroatoms. The Morgan fingerprint density at radius 2 is 2.15 bits per heavy atom. The molecule has 0 fully saturated rings. The highest BCUT2D eigenvalue weighted by Gasteiger charge is 2.19. The molecule has 0 spiro atoms. The van der Waals surface area contributed by atoms with Gasteiger partial charge in [-0.3, -0.25) is 4.79 Å². The van der Waals surface area contributed by atoms with E-state index in [0.29, 0.717) is 11.4 Å². The number of likely N-dealkylation sites (N-methyl/N-ethyl adjacent to an activating group) is 1. The van der Waals surface area contributed by atoms with Crippen LogP contribution in [0.2, 0.25) is 0 Å². The zero-order chi connectivity index (χ0) is 14.7. The number of nitrogen functional groups attached to an aromatic ring is 1. The molecular weight excluding hydrogens is 256 g/mol. The van der Waals surface area contributed by atoms with Crippen LogP contribution in [0, 0.1) is 0 Å². The van der Waals surface area contributed by atoms with Gasteiger partial charge in [-0.05, 0) is 25.1 Å². The van der Waals surface area contributed by atoms with Crippen LogP contribution in [-0.4, -0.2) is 45.4 Å². The van der Waals surface area contributed by atoms with Crippen molar-refractivity contribution in [2.24, 2.45) is 0 Å². The first-order valence-electron chi connectivity index (χ1n) is 6.33. The lowest BCUT2D eigenvalue weighted by Gasteiger charge is -2.21. The number of hydrogen-bond acceptors (Lipinski definition) is 4. The SMILES string of the molecule is CC(CO)N(C)C(=O)c1ccn(-c2ccccc2N)n1. The summed E-state index contributed by atoms with van der Waals surface area (Å²) in [6.07, 6.45) is 1.69. The van der Waals surface area contributed by atoms with Crippen LogP contribution in [0.1, 0.15) is 17.4 Å². The number of aliphatic hydroxyl groups is 1. The number of anilines is 1. The molecule has 0 radical (unpaired) electrons. The number of hydrogen-bond donors (Lipinski definition) is 2. The molecule has 0 saturated heterocycles. The Balaban J connectivity index is 2.26. The second-order valence-electron chi connectivity index (χ2n) is 4.65. The van der Waals surface area contributed by atoms with Crippen molar-refractivity contribution in [3.63, 3.8) is 0 Å². The van der Waals surface area contributed by atoms with Crippen molar-refractivity contribution in [3.8, 4) is 5.69 Å². The fourth-order valence-electron chi connectivity index (χ4n) is 1.77. The number of amides is 1. The van der Waals surface area contributed by atoms with Gasteiger partial charge in [0.15, 0.2) is 5.69 Å². The molecule has 2 rings (SSSR count). The summed E-state index contributed by atoms with van der Waals surface area (Å²) >= 11 is 0. The Kier molecular flexibility index (Phi) is 4.05. The molecule has 1 aromatic heterocycles. The molecule has 6 nitrogen and oxygen atoms in total. The lowest BCUT2D eigenvalue weighted by Crippen LogP contribution is -2.37. The van der Waals surface area contributed by atoms with Crippen molar-refractivity contribution < 1.29 is 9.90 Å². The Bertz CT molecular complexity index is 609. The van der Waals surface area contributed by atoms with Gasteiger partial charge in [0.1, 0.15) is 0 Å². The summed E-state index contributed by atoms with van der Waals surface area (Å²) in [6, 6.07) is 8.68. The van der Waals surface area contributed by atoms with E-state index >= 15 is 0 Å². The van der Waals surface area contributed by atoms with E-state index in [0.717, 1.165) is 5.69 Å². The molecular formula is C14H18N4O2. The van der Waals surface area contributed by atoms with E-state index in [2.05, 4.69) is 5.10 Å². The topological polar surface area (TPSA) is 84.4 Å². The first-order valence-corrected chi connectivity index (χ1v) is 6.33. The molecule has 0 bridgehead atoms. The average Bonchev–Trinajstić information content (AvgIpc) is 2.94. The van der Waals surface area contributed by atoms with E-state index in [1.807, 2.05) is 18.2 Å². The van der Waals surface area contributed by atoms with Gasteiger partial charge in [0, 0.05) is 13.2 Å². The number of para-hydroxylation sites is 2. The van der Waals surface area contributed by atoms with Crippen molar-refractivity contribution in [3.05, 3.63) is 42.2 Å². The monoisotopic (exact) mass is 274 g/mol. The molecule has 1 heterocycles. The van der Waals surface area contributed by atoms with E-state index in [9.17, 15) is 4.79 Å². The van der Waals surface area contributed by atoms with Crippen LogP contribution in [0.3, 0.4) is 0 Å². The van der Waals surface area contributed by atoms with Crippen LogP contribution in [0.5, 0.6) is 0 Å². The fraction of sp³-hybridized carbons (Fsp3) is 0.286. The van der Waals surface area contributed by atoms with E-state index in [1.165, 1.54) is 4.90 Å². The minimum atomic E-state index is -0.255. The molecule has 0 aliphatic heterocycles.